The topological polar surface area (TPSA) is 72.4 Å². The van der Waals surface area contributed by atoms with Gasteiger partial charge in [-0.2, -0.15) is 0 Å². The first-order valence-corrected chi connectivity index (χ1v) is 6.32. The van der Waals surface area contributed by atoms with E-state index in [-0.39, 0.29) is 27.7 Å². The fourth-order valence-corrected chi connectivity index (χ4v) is 2.42. The molecule has 1 aromatic heterocycles. The molecule has 1 aromatic rings. The van der Waals surface area contributed by atoms with Crippen LogP contribution >= 0.6 is 23.7 Å². The Hall–Kier alpha value is -0.690. The smallest absolute Gasteiger partial charge is 0.324 e. The second-order valence-electron chi connectivity index (χ2n) is 5.09. The van der Waals surface area contributed by atoms with E-state index in [0.717, 1.165) is 12.1 Å². The number of nitro groups is 1. The molecular formula is C11H20ClN3O2S. The molecule has 0 aliphatic rings. The summed E-state index contributed by atoms with van der Waals surface area (Å²) in [6.07, 6.45) is 0. The van der Waals surface area contributed by atoms with Crippen molar-refractivity contribution in [1.29, 1.82) is 0 Å². The van der Waals surface area contributed by atoms with Crippen LogP contribution in [0.4, 0.5) is 5.00 Å². The van der Waals surface area contributed by atoms with Crippen molar-refractivity contribution in [3.63, 3.8) is 0 Å². The lowest BCUT2D eigenvalue weighted by Crippen LogP contribution is -2.36. The van der Waals surface area contributed by atoms with Gasteiger partial charge in [-0.25, -0.2) is 0 Å². The summed E-state index contributed by atoms with van der Waals surface area (Å²) in [5.74, 6) is 0. The lowest BCUT2D eigenvalue weighted by molar-refractivity contribution is -0.380. The Morgan fingerprint density at radius 1 is 1.56 bits per heavy atom. The van der Waals surface area contributed by atoms with E-state index in [4.69, 9.17) is 5.73 Å². The molecule has 7 heteroatoms. The minimum absolute atomic E-state index is 0. The first kappa shape index (κ1) is 17.3. The zero-order valence-electron chi connectivity index (χ0n) is 10.9. The van der Waals surface area contributed by atoms with E-state index in [2.05, 4.69) is 18.7 Å². The van der Waals surface area contributed by atoms with Gasteiger partial charge in [-0.1, -0.05) is 25.2 Å². The van der Waals surface area contributed by atoms with Crippen LogP contribution in [0.1, 0.15) is 19.4 Å². The van der Waals surface area contributed by atoms with Gasteiger partial charge in [0.05, 0.1) is 4.92 Å². The summed E-state index contributed by atoms with van der Waals surface area (Å²) in [4.78, 5) is 12.3. The molecule has 0 aliphatic heterocycles. The summed E-state index contributed by atoms with van der Waals surface area (Å²) < 4.78 is 0. The summed E-state index contributed by atoms with van der Waals surface area (Å²) in [5, 5.41) is 12.6. The number of rotatable bonds is 6. The molecule has 5 nitrogen and oxygen atoms in total. The van der Waals surface area contributed by atoms with Crippen LogP contribution in [-0.4, -0.2) is 30.0 Å². The van der Waals surface area contributed by atoms with Crippen molar-refractivity contribution in [1.82, 2.24) is 4.90 Å². The number of halogens is 1. The zero-order valence-corrected chi connectivity index (χ0v) is 12.5. The summed E-state index contributed by atoms with van der Waals surface area (Å²) in [7, 11) is 2.00. The standard InChI is InChI=1S/C11H19N3O2S.ClH/c1-11(2,7-12)8-13(3)5-9-4-10(14(15)16)17-6-9;/h4,6H,5,7-8,12H2,1-3H3;1H. The summed E-state index contributed by atoms with van der Waals surface area (Å²) in [5.41, 5.74) is 6.73. The van der Waals surface area contributed by atoms with Gasteiger partial charge in [-0.15, -0.1) is 12.4 Å². The first-order valence-electron chi connectivity index (χ1n) is 5.44. The maximum absolute atomic E-state index is 10.6. The van der Waals surface area contributed by atoms with Crippen molar-refractivity contribution in [2.45, 2.75) is 20.4 Å². The second-order valence-corrected chi connectivity index (χ2v) is 5.98. The second kappa shape index (κ2) is 7.04. The Kier molecular flexibility index (Phi) is 6.77. The number of nitrogens with two attached hydrogens (primary N) is 1. The van der Waals surface area contributed by atoms with Crippen LogP contribution < -0.4 is 5.73 Å². The molecule has 0 bridgehead atoms. The van der Waals surface area contributed by atoms with E-state index in [1.165, 1.54) is 11.3 Å². The van der Waals surface area contributed by atoms with Crippen LogP contribution in [0.3, 0.4) is 0 Å². The molecule has 0 saturated heterocycles. The van der Waals surface area contributed by atoms with Gasteiger partial charge < -0.3 is 10.6 Å². The molecule has 0 unspecified atom stereocenters. The SMILES string of the molecule is CN(Cc1csc([N+](=O)[O-])c1)CC(C)(C)CN.Cl. The van der Waals surface area contributed by atoms with Crippen LogP contribution in [0, 0.1) is 15.5 Å². The molecule has 104 valence electrons. The number of hydrogen-bond acceptors (Lipinski definition) is 5. The fourth-order valence-electron chi connectivity index (χ4n) is 1.70. The number of hydrogen-bond donors (Lipinski definition) is 1. The highest BCUT2D eigenvalue weighted by molar-refractivity contribution is 7.13. The van der Waals surface area contributed by atoms with E-state index >= 15 is 0 Å². The molecule has 0 saturated carbocycles. The van der Waals surface area contributed by atoms with Crippen LogP contribution in [0.5, 0.6) is 0 Å². The normalized spacial score (nSPS) is 11.4. The Balaban J connectivity index is 0.00000289. The average Bonchev–Trinajstić information content (AvgIpc) is 2.65. The van der Waals surface area contributed by atoms with Crippen molar-refractivity contribution >= 4 is 28.7 Å². The van der Waals surface area contributed by atoms with Crippen LogP contribution in [0.15, 0.2) is 11.4 Å². The predicted octanol–water partition coefficient (Wildman–Crippen LogP) is 2.49. The summed E-state index contributed by atoms with van der Waals surface area (Å²) >= 11 is 1.17. The third-order valence-corrected chi connectivity index (χ3v) is 3.45. The lowest BCUT2D eigenvalue weighted by atomic mass is 9.93. The monoisotopic (exact) mass is 293 g/mol. The molecular weight excluding hydrogens is 274 g/mol. The van der Waals surface area contributed by atoms with Gasteiger partial charge in [0, 0.05) is 24.5 Å². The Bertz CT molecular complexity index is 395. The van der Waals surface area contributed by atoms with Crippen LogP contribution in [0.25, 0.3) is 0 Å². The highest BCUT2D eigenvalue weighted by atomic mass is 35.5. The Morgan fingerprint density at radius 2 is 2.17 bits per heavy atom. The molecule has 1 heterocycles. The van der Waals surface area contributed by atoms with Crippen molar-refractivity contribution in [2.75, 3.05) is 20.1 Å². The molecule has 0 amide bonds. The maximum atomic E-state index is 10.6. The Labute approximate surface area is 118 Å². The molecule has 0 spiro atoms. The van der Waals surface area contributed by atoms with Crippen molar-refractivity contribution in [3.05, 3.63) is 27.1 Å². The van der Waals surface area contributed by atoms with Gasteiger partial charge in [0.2, 0.25) is 0 Å². The summed E-state index contributed by atoms with van der Waals surface area (Å²) in [6.45, 7) is 6.43. The van der Waals surface area contributed by atoms with Gasteiger partial charge in [0.15, 0.2) is 0 Å². The molecule has 0 atom stereocenters. The third kappa shape index (κ3) is 5.30. The lowest BCUT2D eigenvalue weighted by Gasteiger charge is -2.28. The fraction of sp³-hybridized carbons (Fsp3) is 0.636. The highest BCUT2D eigenvalue weighted by Crippen LogP contribution is 2.24. The first-order chi connectivity index (χ1) is 7.84. The van der Waals surface area contributed by atoms with Crippen molar-refractivity contribution in [3.8, 4) is 0 Å². The minimum atomic E-state index is -0.349. The molecule has 2 N–H and O–H groups in total. The quantitative estimate of drug-likeness (QED) is 0.646. The average molecular weight is 294 g/mol. The van der Waals surface area contributed by atoms with E-state index in [1.807, 2.05) is 12.4 Å². The highest BCUT2D eigenvalue weighted by Gasteiger charge is 2.19. The molecule has 1 rings (SSSR count). The predicted molar refractivity (Wildman–Crippen MR) is 77.4 cm³/mol. The van der Waals surface area contributed by atoms with Crippen LogP contribution in [0.2, 0.25) is 0 Å². The molecule has 0 radical (unpaired) electrons. The van der Waals surface area contributed by atoms with E-state index < -0.39 is 0 Å². The van der Waals surface area contributed by atoms with Gasteiger partial charge in [-0.05, 0) is 24.6 Å². The molecule has 0 fully saturated rings. The number of nitrogens with zero attached hydrogens (tertiary/aromatic N) is 2. The van der Waals surface area contributed by atoms with Gasteiger partial charge in [-0.3, -0.25) is 10.1 Å². The molecule has 0 aromatic carbocycles. The summed E-state index contributed by atoms with van der Waals surface area (Å²) in [6, 6.07) is 1.64. The van der Waals surface area contributed by atoms with E-state index in [1.54, 1.807) is 6.07 Å². The molecule has 18 heavy (non-hydrogen) atoms. The zero-order chi connectivity index (χ0) is 13.1. The maximum Gasteiger partial charge on any atom is 0.324 e. The molecule has 0 aliphatic carbocycles. The number of thiophene rings is 1. The van der Waals surface area contributed by atoms with E-state index in [9.17, 15) is 10.1 Å². The van der Waals surface area contributed by atoms with Gasteiger partial charge in [0.25, 0.3) is 0 Å². The van der Waals surface area contributed by atoms with E-state index in [0.29, 0.717) is 13.1 Å². The van der Waals surface area contributed by atoms with Crippen molar-refractivity contribution < 1.29 is 4.92 Å². The third-order valence-electron chi connectivity index (χ3n) is 2.52. The van der Waals surface area contributed by atoms with Crippen molar-refractivity contribution in [2.24, 2.45) is 11.1 Å². The minimum Gasteiger partial charge on any atom is -0.330 e. The van der Waals surface area contributed by atoms with Gasteiger partial charge >= 0.3 is 5.00 Å². The van der Waals surface area contributed by atoms with Crippen LogP contribution in [-0.2, 0) is 6.54 Å². The Morgan fingerprint density at radius 3 is 2.61 bits per heavy atom. The largest absolute Gasteiger partial charge is 0.330 e. The van der Waals surface area contributed by atoms with Gasteiger partial charge in [0.1, 0.15) is 0 Å².